The lowest BCUT2D eigenvalue weighted by molar-refractivity contribution is -0.137. The first-order valence-electron chi connectivity index (χ1n) is 4.40. The average molecular weight is 212 g/mol. The van der Waals surface area contributed by atoms with Crippen LogP contribution in [0.5, 0.6) is 0 Å². The van der Waals surface area contributed by atoms with E-state index < -0.39 is 11.7 Å². The van der Waals surface area contributed by atoms with Gasteiger partial charge in [-0.05, 0) is 24.6 Å². The Morgan fingerprint density at radius 3 is 2.53 bits per heavy atom. The third-order valence-electron chi connectivity index (χ3n) is 1.77. The van der Waals surface area contributed by atoms with E-state index in [-0.39, 0.29) is 0 Å². The molecule has 0 saturated carbocycles. The first-order chi connectivity index (χ1) is 6.89. The Kier molecular flexibility index (Phi) is 3.35. The molecule has 0 aliphatic carbocycles. The van der Waals surface area contributed by atoms with Crippen molar-refractivity contribution in [1.29, 1.82) is 0 Å². The SMILES string of the molecule is C=C(C)C=Cc1cccc(C(F)(F)F)c1. The molecule has 0 spiro atoms. The normalized spacial score (nSPS) is 12.0. The Balaban J connectivity index is 2.98. The summed E-state index contributed by atoms with van der Waals surface area (Å²) in [4.78, 5) is 0. The van der Waals surface area contributed by atoms with Crippen LogP contribution < -0.4 is 0 Å². The van der Waals surface area contributed by atoms with Gasteiger partial charge in [-0.3, -0.25) is 0 Å². The Morgan fingerprint density at radius 2 is 2.00 bits per heavy atom. The fourth-order valence-corrected chi connectivity index (χ4v) is 1.06. The third-order valence-corrected chi connectivity index (χ3v) is 1.77. The van der Waals surface area contributed by atoms with Crippen molar-refractivity contribution in [3.8, 4) is 0 Å². The van der Waals surface area contributed by atoms with Gasteiger partial charge < -0.3 is 0 Å². The first-order valence-corrected chi connectivity index (χ1v) is 4.40. The molecular formula is C12H11F3. The molecule has 0 aliphatic rings. The topological polar surface area (TPSA) is 0 Å². The fraction of sp³-hybridized carbons (Fsp3) is 0.167. The van der Waals surface area contributed by atoms with E-state index in [2.05, 4.69) is 6.58 Å². The Morgan fingerprint density at radius 1 is 1.33 bits per heavy atom. The summed E-state index contributed by atoms with van der Waals surface area (Å²) in [5.74, 6) is 0. The van der Waals surface area contributed by atoms with E-state index in [1.54, 1.807) is 25.1 Å². The van der Waals surface area contributed by atoms with Crippen LogP contribution in [0.25, 0.3) is 6.08 Å². The molecule has 1 aromatic rings. The van der Waals surface area contributed by atoms with Gasteiger partial charge in [0.15, 0.2) is 0 Å². The molecule has 0 aromatic heterocycles. The lowest BCUT2D eigenvalue weighted by Crippen LogP contribution is -2.04. The van der Waals surface area contributed by atoms with Crippen LogP contribution in [-0.2, 0) is 6.18 Å². The minimum absolute atomic E-state index is 0.521. The summed E-state index contributed by atoms with van der Waals surface area (Å²) in [6, 6.07) is 5.17. The standard InChI is InChI=1S/C12H11F3/c1-9(2)6-7-10-4-3-5-11(8-10)12(13,14)15/h3-8H,1H2,2H3. The molecule has 0 amide bonds. The molecule has 0 atom stereocenters. The van der Waals surface area contributed by atoms with Crippen molar-refractivity contribution in [2.24, 2.45) is 0 Å². The van der Waals surface area contributed by atoms with Gasteiger partial charge in [0.25, 0.3) is 0 Å². The van der Waals surface area contributed by atoms with Crippen molar-refractivity contribution in [3.63, 3.8) is 0 Å². The van der Waals surface area contributed by atoms with Gasteiger partial charge in [-0.15, -0.1) is 0 Å². The van der Waals surface area contributed by atoms with E-state index in [0.717, 1.165) is 17.7 Å². The van der Waals surface area contributed by atoms with Crippen molar-refractivity contribution in [2.75, 3.05) is 0 Å². The summed E-state index contributed by atoms with van der Waals surface area (Å²) < 4.78 is 37.0. The average Bonchev–Trinajstić information content (AvgIpc) is 2.14. The first kappa shape index (κ1) is 11.6. The van der Waals surface area contributed by atoms with Crippen molar-refractivity contribution < 1.29 is 13.2 Å². The second kappa shape index (κ2) is 4.34. The molecule has 1 rings (SSSR count). The summed E-state index contributed by atoms with van der Waals surface area (Å²) in [5, 5.41) is 0. The van der Waals surface area contributed by atoms with E-state index >= 15 is 0 Å². The Hall–Kier alpha value is -1.51. The number of hydrogen-bond acceptors (Lipinski definition) is 0. The van der Waals surface area contributed by atoms with E-state index in [1.807, 2.05) is 0 Å². The highest BCUT2D eigenvalue weighted by Crippen LogP contribution is 2.29. The molecule has 0 N–H and O–H groups in total. The molecule has 0 bridgehead atoms. The van der Waals surface area contributed by atoms with Crippen molar-refractivity contribution in [2.45, 2.75) is 13.1 Å². The molecule has 0 nitrogen and oxygen atoms in total. The van der Waals surface area contributed by atoms with E-state index in [4.69, 9.17) is 0 Å². The van der Waals surface area contributed by atoms with Crippen molar-refractivity contribution in [1.82, 2.24) is 0 Å². The summed E-state index contributed by atoms with van der Waals surface area (Å²) >= 11 is 0. The number of halogens is 3. The minimum Gasteiger partial charge on any atom is -0.166 e. The molecule has 0 saturated heterocycles. The number of alkyl halides is 3. The maximum atomic E-state index is 12.3. The number of benzene rings is 1. The number of rotatable bonds is 2. The van der Waals surface area contributed by atoms with Gasteiger partial charge >= 0.3 is 6.18 Å². The number of hydrogen-bond donors (Lipinski definition) is 0. The summed E-state index contributed by atoms with van der Waals surface area (Å²) in [6.45, 7) is 5.41. The van der Waals surface area contributed by atoms with Gasteiger partial charge in [-0.2, -0.15) is 13.2 Å². The van der Waals surface area contributed by atoms with Crippen LogP contribution in [-0.4, -0.2) is 0 Å². The third kappa shape index (κ3) is 3.62. The lowest BCUT2D eigenvalue weighted by Gasteiger charge is -2.06. The second-order valence-corrected chi connectivity index (χ2v) is 3.30. The van der Waals surface area contributed by atoms with Gasteiger partial charge in [0.1, 0.15) is 0 Å². The van der Waals surface area contributed by atoms with Gasteiger partial charge in [-0.25, -0.2) is 0 Å². The molecule has 0 radical (unpaired) electrons. The molecule has 0 heterocycles. The quantitative estimate of drug-likeness (QED) is 0.641. The highest BCUT2D eigenvalue weighted by molar-refractivity contribution is 5.53. The molecule has 0 fully saturated rings. The lowest BCUT2D eigenvalue weighted by atomic mass is 10.1. The van der Waals surface area contributed by atoms with Gasteiger partial charge in [0.05, 0.1) is 5.56 Å². The Bertz CT molecular complexity index is 386. The van der Waals surface area contributed by atoms with Crippen LogP contribution in [0.15, 0.2) is 42.5 Å². The van der Waals surface area contributed by atoms with Crippen molar-refractivity contribution >= 4 is 6.08 Å². The van der Waals surface area contributed by atoms with E-state index in [0.29, 0.717) is 5.56 Å². The molecule has 0 unspecified atom stereocenters. The zero-order chi connectivity index (χ0) is 11.5. The monoisotopic (exact) mass is 212 g/mol. The maximum Gasteiger partial charge on any atom is 0.416 e. The van der Waals surface area contributed by atoms with Gasteiger partial charge in [0.2, 0.25) is 0 Å². The smallest absolute Gasteiger partial charge is 0.166 e. The largest absolute Gasteiger partial charge is 0.416 e. The molecule has 1 aromatic carbocycles. The molecule has 0 aliphatic heterocycles. The van der Waals surface area contributed by atoms with Crippen LogP contribution in [0.4, 0.5) is 13.2 Å². The molecule has 15 heavy (non-hydrogen) atoms. The maximum absolute atomic E-state index is 12.3. The van der Waals surface area contributed by atoms with E-state index in [9.17, 15) is 13.2 Å². The van der Waals surface area contributed by atoms with Gasteiger partial charge in [0, 0.05) is 0 Å². The fourth-order valence-electron chi connectivity index (χ4n) is 1.06. The highest BCUT2D eigenvalue weighted by atomic mass is 19.4. The van der Waals surface area contributed by atoms with Crippen LogP contribution in [0.3, 0.4) is 0 Å². The van der Waals surface area contributed by atoms with Crippen molar-refractivity contribution in [3.05, 3.63) is 53.6 Å². The van der Waals surface area contributed by atoms with Crippen LogP contribution >= 0.6 is 0 Å². The molecule has 3 heteroatoms. The van der Waals surface area contributed by atoms with Crippen LogP contribution in [0, 0.1) is 0 Å². The van der Waals surface area contributed by atoms with Crippen LogP contribution in [0.1, 0.15) is 18.1 Å². The van der Waals surface area contributed by atoms with E-state index in [1.165, 1.54) is 6.07 Å². The summed E-state index contributed by atoms with van der Waals surface area (Å²) in [7, 11) is 0. The predicted molar refractivity (Wildman–Crippen MR) is 55.3 cm³/mol. The zero-order valence-electron chi connectivity index (χ0n) is 8.31. The molecular weight excluding hydrogens is 201 g/mol. The highest BCUT2D eigenvalue weighted by Gasteiger charge is 2.30. The van der Waals surface area contributed by atoms with Gasteiger partial charge in [-0.1, -0.05) is 36.4 Å². The Labute approximate surface area is 86.7 Å². The zero-order valence-corrected chi connectivity index (χ0v) is 8.31. The predicted octanol–water partition coefficient (Wildman–Crippen LogP) is 4.29. The number of allylic oxidation sites excluding steroid dienone is 2. The second-order valence-electron chi connectivity index (χ2n) is 3.30. The summed E-state index contributed by atoms with van der Waals surface area (Å²) in [6.07, 6.45) is -1.000. The molecule has 80 valence electrons. The summed E-state index contributed by atoms with van der Waals surface area (Å²) in [5.41, 5.74) is 0.687. The minimum atomic E-state index is -4.28. The van der Waals surface area contributed by atoms with Crippen LogP contribution in [0.2, 0.25) is 0 Å².